The molecule has 0 fully saturated rings. The van der Waals surface area contributed by atoms with E-state index in [1.165, 1.54) is 36.9 Å². The minimum Gasteiger partial charge on any atom is -0.340 e. The number of carbonyl (C=O) groups excluding carboxylic acids is 2. The van der Waals surface area contributed by atoms with E-state index >= 15 is 0 Å². The molecule has 160 valence electrons. The van der Waals surface area contributed by atoms with Crippen LogP contribution in [0.1, 0.15) is 20.7 Å². The molecule has 2 amide bonds. The van der Waals surface area contributed by atoms with E-state index in [1.54, 1.807) is 12.1 Å². The number of hydrogen-bond acceptors (Lipinski definition) is 6. The molecule has 0 unspecified atom stereocenters. The van der Waals surface area contributed by atoms with Crippen LogP contribution < -0.4 is 10.6 Å². The Balaban J connectivity index is 0.000000523. The van der Waals surface area contributed by atoms with Crippen molar-refractivity contribution in [2.24, 2.45) is 0 Å². The average Bonchev–Trinajstić information content (AvgIpc) is 2.65. The van der Waals surface area contributed by atoms with Gasteiger partial charge in [-0.25, -0.2) is 0 Å². The van der Waals surface area contributed by atoms with Crippen LogP contribution in [0.5, 0.6) is 0 Å². The van der Waals surface area contributed by atoms with Crippen LogP contribution in [0.3, 0.4) is 0 Å². The van der Waals surface area contributed by atoms with Gasteiger partial charge in [0.25, 0.3) is 11.8 Å². The Morgan fingerprint density at radius 1 is 0.793 bits per heavy atom. The van der Waals surface area contributed by atoms with E-state index in [9.17, 15) is 18.7 Å². The van der Waals surface area contributed by atoms with Crippen LogP contribution in [-0.2, 0) is 26.2 Å². The second kappa shape index (κ2) is 12.6. The first kappa shape index (κ1) is 27.1. The van der Waals surface area contributed by atoms with Crippen LogP contribution >= 0.6 is 15.2 Å². The smallest absolute Gasteiger partial charge is 0.340 e. The maximum atomic E-state index is 11.2. The summed E-state index contributed by atoms with van der Waals surface area (Å²) in [5.41, 5.74) is 0.530. The molecule has 0 saturated carbocycles. The fourth-order valence-corrected chi connectivity index (χ4v) is 2.25. The first-order chi connectivity index (χ1) is 13.0. The number of aromatic nitrogens is 2. The number of nitrogens with zero attached hydrogens (tertiary/aromatic N) is 2. The topological polar surface area (TPSA) is 199 Å². The van der Waals surface area contributed by atoms with Gasteiger partial charge in [0.05, 0.1) is 11.1 Å². The number of rotatable bonds is 6. The van der Waals surface area contributed by atoms with Crippen molar-refractivity contribution in [2.45, 2.75) is 0 Å². The van der Waals surface area contributed by atoms with E-state index in [0.29, 0.717) is 0 Å². The summed E-state index contributed by atoms with van der Waals surface area (Å²) in [7, 11) is -8.38. The maximum absolute atomic E-state index is 11.2. The van der Waals surface area contributed by atoms with Crippen molar-refractivity contribution < 1.29 is 55.4 Å². The van der Waals surface area contributed by atoms with Gasteiger partial charge in [-0.05, 0) is 24.3 Å². The summed E-state index contributed by atoms with van der Waals surface area (Å²) >= 11 is 0. The van der Waals surface area contributed by atoms with Crippen LogP contribution in [0.2, 0.25) is 0 Å². The van der Waals surface area contributed by atoms with Crippen molar-refractivity contribution in [1.29, 1.82) is 0 Å². The zero-order valence-corrected chi connectivity index (χ0v) is 17.5. The minimum atomic E-state index is -4.19. The van der Waals surface area contributed by atoms with Gasteiger partial charge < -0.3 is 30.2 Å². The van der Waals surface area contributed by atoms with Crippen LogP contribution in [0.4, 0.5) is 0 Å². The summed E-state index contributed by atoms with van der Waals surface area (Å²) in [6.07, 6.45) is 4.30. The molecule has 0 saturated heterocycles. The Morgan fingerprint density at radius 3 is 1.38 bits per heavy atom. The van der Waals surface area contributed by atoms with Crippen LogP contribution in [0.15, 0.2) is 49.1 Å². The molecule has 0 aliphatic carbocycles. The van der Waals surface area contributed by atoms with Gasteiger partial charge in [-0.3, -0.25) is 28.7 Å². The molecule has 2 aromatic heterocycles. The first-order valence-electron chi connectivity index (χ1n) is 7.43. The molecule has 0 spiro atoms. The number of hydrogen-bond donors (Lipinski definition) is 6. The summed E-state index contributed by atoms with van der Waals surface area (Å²) in [5, 5.41) is 4.19. The Morgan fingerprint density at radius 2 is 1.14 bits per heavy atom. The van der Waals surface area contributed by atoms with E-state index in [2.05, 4.69) is 20.6 Å². The van der Waals surface area contributed by atoms with E-state index in [-0.39, 0.29) is 28.2 Å². The number of nitrogens with one attached hydrogen (secondary N) is 2. The molecule has 0 radical (unpaired) electrons. The quantitative estimate of drug-likeness (QED) is 0.236. The Hall–Kier alpha value is -1.94. The minimum absolute atomic E-state index is 0. The van der Waals surface area contributed by atoms with Crippen molar-refractivity contribution in [1.82, 2.24) is 20.6 Å². The zero-order valence-electron chi connectivity index (χ0n) is 14.6. The van der Waals surface area contributed by atoms with Gasteiger partial charge in [-0.15, -0.1) is 0 Å². The summed E-state index contributed by atoms with van der Waals surface area (Å²) in [6.45, 7) is 0. The third-order valence-corrected chi connectivity index (χ3v) is 3.88. The van der Waals surface area contributed by atoms with Gasteiger partial charge in [-0.2, -0.15) is 0 Å². The van der Waals surface area contributed by atoms with Gasteiger partial charge >= 0.3 is 15.2 Å². The first-order valence-corrected chi connectivity index (χ1v) is 11.0. The van der Waals surface area contributed by atoms with Crippen molar-refractivity contribution in [3.63, 3.8) is 0 Å². The fourth-order valence-electron chi connectivity index (χ4n) is 1.55. The monoisotopic (exact) mass is 488 g/mol. The predicted molar refractivity (Wildman–Crippen MR) is 97.2 cm³/mol. The second-order valence-electron chi connectivity index (χ2n) is 5.14. The summed E-state index contributed by atoms with van der Waals surface area (Å²) < 4.78 is 20.9. The molecule has 2 rings (SSSR count). The summed E-state index contributed by atoms with van der Waals surface area (Å²) in [4.78, 5) is 63.8. The third-order valence-electron chi connectivity index (χ3n) is 2.74. The van der Waals surface area contributed by atoms with Crippen molar-refractivity contribution >= 4 is 27.0 Å². The normalized spacial score (nSPS) is 10.6. The Labute approximate surface area is 176 Å². The number of carbonyl (C=O) groups is 2. The van der Waals surface area contributed by atoms with E-state index < -0.39 is 39.6 Å². The molecular weight excluding hydrogens is 470 g/mol. The van der Waals surface area contributed by atoms with E-state index in [0.717, 1.165) is 0 Å². The van der Waals surface area contributed by atoms with E-state index in [1.807, 2.05) is 0 Å². The molecule has 12 nitrogen and oxygen atoms in total. The molecule has 2 heterocycles. The molecule has 29 heavy (non-hydrogen) atoms. The van der Waals surface area contributed by atoms with E-state index in [4.69, 9.17) is 19.6 Å². The van der Waals surface area contributed by atoms with Crippen molar-refractivity contribution in [3.8, 4) is 0 Å². The second-order valence-corrected chi connectivity index (χ2v) is 8.43. The summed E-state index contributed by atoms with van der Waals surface area (Å²) in [6, 6.07) is 6.13. The molecule has 0 bridgehead atoms. The average molecular weight is 488 g/mol. The molecular formula is C14H18FeN4O8P2. The number of pyridine rings is 2. The van der Waals surface area contributed by atoms with Crippen molar-refractivity contribution in [3.05, 3.63) is 60.2 Å². The largest absolute Gasteiger partial charge is 0.344 e. The van der Waals surface area contributed by atoms with Gasteiger partial charge in [0.2, 0.25) is 0 Å². The number of amides is 2. The van der Waals surface area contributed by atoms with Crippen LogP contribution in [0, 0.1) is 0 Å². The van der Waals surface area contributed by atoms with Gasteiger partial charge in [-0.1, -0.05) is 0 Å². The van der Waals surface area contributed by atoms with Gasteiger partial charge in [0.1, 0.15) is 12.6 Å². The zero-order chi connectivity index (χ0) is 21.2. The SMILES string of the molecule is O=C(NCP(=O)(O)O)c1cccnc1.O=C(NCP(=O)(O)O)c1cccnc1.[Fe]. The third kappa shape index (κ3) is 13.0. The molecule has 0 aliphatic heterocycles. The van der Waals surface area contributed by atoms with Crippen LogP contribution in [-0.4, -0.2) is 53.9 Å². The van der Waals surface area contributed by atoms with Gasteiger partial charge in [0, 0.05) is 41.9 Å². The van der Waals surface area contributed by atoms with Crippen LogP contribution in [0.25, 0.3) is 0 Å². The molecule has 6 N–H and O–H groups in total. The molecule has 0 aromatic carbocycles. The molecule has 0 aliphatic rings. The molecule has 15 heteroatoms. The molecule has 0 atom stereocenters. The van der Waals surface area contributed by atoms with Crippen molar-refractivity contribution in [2.75, 3.05) is 12.6 Å². The maximum Gasteiger partial charge on any atom is 0.344 e. The predicted octanol–water partition coefficient (Wildman–Crippen LogP) is -0.109. The Kier molecular flexibility index (Phi) is 11.7. The summed E-state index contributed by atoms with van der Waals surface area (Å²) in [5.74, 6) is -1.11. The van der Waals surface area contributed by atoms with Gasteiger partial charge in [0.15, 0.2) is 0 Å². The standard InChI is InChI=1S/2C7H9N2O4P.Fe/c2*10-7(9-5-14(11,12)13)6-2-1-3-8-4-6;/h2*1-4H,5H2,(H,9,10)(H2,11,12,13);. The fraction of sp³-hybridized carbons (Fsp3) is 0.143. The molecule has 2 aromatic rings. The Bertz CT molecular complexity index is 802.